The number of ether oxygens (including phenoxy) is 1. The SMILES string of the molecule is CC(NC(=O)COC(=O)c1cc(F)c(F)cc1Cl)c1ccc2ccccc2c1. The summed E-state index contributed by atoms with van der Waals surface area (Å²) in [6.45, 7) is 1.22. The molecule has 0 spiro atoms. The van der Waals surface area contributed by atoms with Gasteiger partial charge in [-0.05, 0) is 41.5 Å². The molecule has 3 rings (SSSR count). The minimum absolute atomic E-state index is 0.297. The number of hydrogen-bond acceptors (Lipinski definition) is 3. The first kappa shape index (κ1) is 19.8. The third kappa shape index (κ3) is 4.46. The Hall–Kier alpha value is -2.99. The molecule has 0 fully saturated rings. The second-order valence-corrected chi connectivity index (χ2v) is 6.63. The highest BCUT2D eigenvalue weighted by atomic mass is 35.5. The van der Waals surface area contributed by atoms with E-state index in [-0.39, 0.29) is 16.6 Å². The van der Waals surface area contributed by atoms with Gasteiger partial charge in [0.2, 0.25) is 0 Å². The molecule has 0 saturated heterocycles. The number of rotatable bonds is 5. The molecule has 1 unspecified atom stereocenters. The van der Waals surface area contributed by atoms with Crippen molar-refractivity contribution in [3.8, 4) is 0 Å². The van der Waals surface area contributed by atoms with Gasteiger partial charge >= 0.3 is 5.97 Å². The van der Waals surface area contributed by atoms with E-state index in [0.717, 1.165) is 16.3 Å². The Morgan fingerprint density at radius 2 is 1.71 bits per heavy atom. The molecular formula is C21H16ClF2NO3. The van der Waals surface area contributed by atoms with E-state index < -0.39 is 30.1 Å². The summed E-state index contributed by atoms with van der Waals surface area (Å²) in [5.74, 6) is -3.96. The minimum atomic E-state index is -1.23. The maximum Gasteiger partial charge on any atom is 0.340 e. The molecular weight excluding hydrogens is 388 g/mol. The molecule has 0 aliphatic rings. The third-order valence-electron chi connectivity index (χ3n) is 4.22. The van der Waals surface area contributed by atoms with Crippen molar-refractivity contribution in [2.24, 2.45) is 0 Å². The highest BCUT2D eigenvalue weighted by Gasteiger charge is 2.18. The monoisotopic (exact) mass is 403 g/mol. The van der Waals surface area contributed by atoms with E-state index in [1.165, 1.54) is 0 Å². The van der Waals surface area contributed by atoms with Gasteiger partial charge < -0.3 is 10.1 Å². The van der Waals surface area contributed by atoms with Gasteiger partial charge in [-0.2, -0.15) is 0 Å². The van der Waals surface area contributed by atoms with Crippen LogP contribution in [0, 0.1) is 11.6 Å². The van der Waals surface area contributed by atoms with Crippen LogP contribution in [0.5, 0.6) is 0 Å². The van der Waals surface area contributed by atoms with Gasteiger partial charge in [-0.1, -0.05) is 48.0 Å². The van der Waals surface area contributed by atoms with E-state index in [1.54, 1.807) is 6.92 Å². The van der Waals surface area contributed by atoms with Crippen LogP contribution in [-0.2, 0) is 9.53 Å². The van der Waals surface area contributed by atoms with Gasteiger partial charge in [0, 0.05) is 0 Å². The normalized spacial score (nSPS) is 11.9. The second-order valence-electron chi connectivity index (χ2n) is 6.22. The summed E-state index contributed by atoms with van der Waals surface area (Å²) in [6, 6.07) is 14.7. The molecule has 1 N–H and O–H groups in total. The first-order chi connectivity index (χ1) is 13.3. The predicted octanol–water partition coefficient (Wildman–Crippen LogP) is 4.81. The topological polar surface area (TPSA) is 55.4 Å². The number of hydrogen-bond donors (Lipinski definition) is 1. The number of amides is 1. The molecule has 0 aliphatic heterocycles. The van der Waals surface area contributed by atoms with Crippen molar-refractivity contribution in [1.29, 1.82) is 0 Å². The highest BCUT2D eigenvalue weighted by Crippen LogP contribution is 2.22. The number of carbonyl (C=O) groups excluding carboxylic acids is 2. The standard InChI is InChI=1S/C21H16ClF2NO3/c1-12(14-7-6-13-4-2-3-5-15(13)8-14)25-20(26)11-28-21(27)16-9-18(23)19(24)10-17(16)22/h2-10,12H,11H2,1H3,(H,25,26). The van der Waals surface area contributed by atoms with E-state index in [9.17, 15) is 18.4 Å². The molecule has 1 atom stereocenters. The van der Waals surface area contributed by atoms with Gasteiger partial charge in [0.05, 0.1) is 16.6 Å². The number of carbonyl (C=O) groups is 2. The van der Waals surface area contributed by atoms with Crippen LogP contribution in [0.3, 0.4) is 0 Å². The maximum absolute atomic E-state index is 13.3. The quantitative estimate of drug-likeness (QED) is 0.491. The Bertz CT molecular complexity index is 1060. The molecule has 3 aromatic rings. The van der Waals surface area contributed by atoms with Crippen molar-refractivity contribution in [2.75, 3.05) is 6.61 Å². The molecule has 0 aliphatic carbocycles. The summed E-state index contributed by atoms with van der Waals surface area (Å²) in [7, 11) is 0. The summed E-state index contributed by atoms with van der Waals surface area (Å²) >= 11 is 5.72. The lowest BCUT2D eigenvalue weighted by Crippen LogP contribution is -2.31. The van der Waals surface area contributed by atoms with E-state index in [4.69, 9.17) is 16.3 Å². The Morgan fingerprint density at radius 1 is 1.04 bits per heavy atom. The van der Waals surface area contributed by atoms with Crippen LogP contribution in [-0.4, -0.2) is 18.5 Å². The van der Waals surface area contributed by atoms with E-state index in [0.29, 0.717) is 12.1 Å². The van der Waals surface area contributed by atoms with Crippen molar-refractivity contribution in [2.45, 2.75) is 13.0 Å². The smallest absolute Gasteiger partial charge is 0.340 e. The first-order valence-corrected chi connectivity index (χ1v) is 8.82. The lowest BCUT2D eigenvalue weighted by molar-refractivity contribution is -0.124. The van der Waals surface area contributed by atoms with Crippen LogP contribution in [0.25, 0.3) is 10.8 Å². The minimum Gasteiger partial charge on any atom is -0.452 e. The van der Waals surface area contributed by atoms with Gasteiger partial charge in [0.15, 0.2) is 18.2 Å². The zero-order valence-electron chi connectivity index (χ0n) is 14.8. The summed E-state index contributed by atoms with van der Waals surface area (Å²) in [4.78, 5) is 24.0. The van der Waals surface area contributed by atoms with E-state index in [2.05, 4.69) is 5.32 Å². The van der Waals surface area contributed by atoms with Crippen LogP contribution < -0.4 is 5.32 Å². The Kier molecular flexibility index (Phi) is 5.90. The van der Waals surface area contributed by atoms with Gasteiger partial charge in [-0.15, -0.1) is 0 Å². The molecule has 7 heteroatoms. The number of esters is 1. The molecule has 0 saturated carbocycles. The number of benzene rings is 3. The van der Waals surface area contributed by atoms with Gasteiger partial charge in [-0.3, -0.25) is 4.79 Å². The molecule has 1 amide bonds. The molecule has 4 nitrogen and oxygen atoms in total. The van der Waals surface area contributed by atoms with E-state index >= 15 is 0 Å². The van der Waals surface area contributed by atoms with Crippen LogP contribution in [0.15, 0.2) is 54.6 Å². The molecule has 0 heterocycles. The Labute approximate surface area is 165 Å². The van der Waals surface area contributed by atoms with Crippen LogP contribution >= 0.6 is 11.6 Å². The number of halogens is 3. The second kappa shape index (κ2) is 8.35. The largest absolute Gasteiger partial charge is 0.452 e. The van der Waals surface area contributed by atoms with Crippen LogP contribution in [0.2, 0.25) is 5.02 Å². The van der Waals surface area contributed by atoms with Gasteiger partial charge in [0.1, 0.15) is 0 Å². The fourth-order valence-electron chi connectivity index (χ4n) is 2.73. The Morgan fingerprint density at radius 3 is 2.46 bits per heavy atom. The third-order valence-corrected chi connectivity index (χ3v) is 4.53. The maximum atomic E-state index is 13.3. The number of nitrogens with one attached hydrogen (secondary N) is 1. The van der Waals surface area contributed by atoms with Crippen LogP contribution in [0.1, 0.15) is 28.9 Å². The van der Waals surface area contributed by atoms with Crippen molar-refractivity contribution >= 4 is 34.2 Å². The number of fused-ring (bicyclic) bond motifs is 1. The molecule has 28 heavy (non-hydrogen) atoms. The fraction of sp³-hybridized carbons (Fsp3) is 0.143. The summed E-state index contributed by atoms with van der Waals surface area (Å²) < 4.78 is 31.2. The molecule has 144 valence electrons. The van der Waals surface area contributed by atoms with Crippen molar-refractivity contribution in [3.05, 3.63) is 82.4 Å². The zero-order chi connectivity index (χ0) is 20.3. The fourth-order valence-corrected chi connectivity index (χ4v) is 2.96. The average Bonchev–Trinajstić information content (AvgIpc) is 2.68. The van der Waals surface area contributed by atoms with E-state index in [1.807, 2.05) is 42.5 Å². The summed E-state index contributed by atoms with van der Waals surface area (Å²) in [5, 5.41) is 4.55. The highest BCUT2D eigenvalue weighted by molar-refractivity contribution is 6.33. The molecule has 3 aromatic carbocycles. The van der Waals surface area contributed by atoms with Crippen molar-refractivity contribution < 1.29 is 23.1 Å². The van der Waals surface area contributed by atoms with Crippen molar-refractivity contribution in [3.63, 3.8) is 0 Å². The molecule has 0 radical (unpaired) electrons. The molecule has 0 bridgehead atoms. The van der Waals surface area contributed by atoms with Crippen molar-refractivity contribution in [1.82, 2.24) is 5.32 Å². The lowest BCUT2D eigenvalue weighted by atomic mass is 10.0. The Balaban J connectivity index is 1.60. The lowest BCUT2D eigenvalue weighted by Gasteiger charge is -2.15. The first-order valence-electron chi connectivity index (χ1n) is 8.45. The van der Waals surface area contributed by atoms with Crippen LogP contribution in [0.4, 0.5) is 8.78 Å². The predicted molar refractivity (Wildman–Crippen MR) is 102 cm³/mol. The summed E-state index contributed by atoms with van der Waals surface area (Å²) in [6.07, 6.45) is 0. The van der Waals surface area contributed by atoms with Gasteiger partial charge in [0.25, 0.3) is 5.91 Å². The molecule has 0 aromatic heterocycles. The van der Waals surface area contributed by atoms with Gasteiger partial charge in [-0.25, -0.2) is 13.6 Å². The zero-order valence-corrected chi connectivity index (χ0v) is 15.6. The summed E-state index contributed by atoms with van der Waals surface area (Å²) in [5.41, 5.74) is 0.540. The average molecular weight is 404 g/mol.